The minimum atomic E-state index is -0.773. The minimum absolute atomic E-state index is 0.0594. The van der Waals surface area contributed by atoms with Crippen LogP contribution in [-0.2, 0) is 4.79 Å². The van der Waals surface area contributed by atoms with Crippen LogP contribution in [0.3, 0.4) is 0 Å². The highest BCUT2D eigenvalue weighted by Crippen LogP contribution is 2.25. The number of nitrogens with zero attached hydrogens (tertiary/aromatic N) is 2. The van der Waals surface area contributed by atoms with Crippen LogP contribution >= 0.6 is 0 Å². The van der Waals surface area contributed by atoms with Crippen molar-refractivity contribution in [3.63, 3.8) is 0 Å². The molecule has 0 radical (unpaired) electrons. The number of hydrogen-bond acceptors (Lipinski definition) is 3. The maximum Gasteiger partial charge on any atom is 0.233 e. The first-order valence-corrected chi connectivity index (χ1v) is 6.61. The van der Waals surface area contributed by atoms with Gasteiger partial charge in [-0.05, 0) is 24.3 Å². The second-order valence-electron chi connectivity index (χ2n) is 4.79. The molecule has 20 heavy (non-hydrogen) atoms. The molecule has 2 aromatic rings. The van der Waals surface area contributed by atoms with Crippen LogP contribution in [0.2, 0.25) is 0 Å². The van der Waals surface area contributed by atoms with E-state index < -0.39 is 6.23 Å². The summed E-state index contributed by atoms with van der Waals surface area (Å²) in [7, 11) is 0. The average molecular weight is 268 g/mol. The Morgan fingerprint density at radius 3 is 2.05 bits per heavy atom. The average Bonchev–Trinajstić information content (AvgIpc) is 2.49. The van der Waals surface area contributed by atoms with Crippen molar-refractivity contribution >= 4 is 17.3 Å². The van der Waals surface area contributed by atoms with Crippen LogP contribution < -0.4 is 9.80 Å². The maximum absolute atomic E-state index is 12.1. The standard InChI is InChI=1S/C16H16N2O2/c19-15-11-16(20)18(14-9-5-2-6-10-14)12-17(15)13-7-3-1-4-8-13/h1-10,15,19H,11-12H2. The zero-order valence-corrected chi connectivity index (χ0v) is 11.0. The highest BCUT2D eigenvalue weighted by Gasteiger charge is 2.31. The SMILES string of the molecule is O=C1CC(O)N(c2ccccc2)CN1c1ccccc1. The van der Waals surface area contributed by atoms with Crippen LogP contribution in [-0.4, -0.2) is 23.9 Å². The summed E-state index contributed by atoms with van der Waals surface area (Å²) in [6, 6.07) is 19.2. The fourth-order valence-electron chi connectivity index (χ4n) is 2.41. The molecule has 1 saturated heterocycles. The number of carbonyl (C=O) groups is 1. The van der Waals surface area contributed by atoms with Crippen LogP contribution in [0.25, 0.3) is 0 Å². The van der Waals surface area contributed by atoms with Gasteiger partial charge in [0.1, 0.15) is 12.9 Å². The van der Waals surface area contributed by atoms with E-state index in [1.54, 1.807) is 4.90 Å². The highest BCUT2D eigenvalue weighted by atomic mass is 16.3. The first-order valence-electron chi connectivity index (χ1n) is 6.61. The van der Waals surface area contributed by atoms with Gasteiger partial charge in [0.15, 0.2) is 0 Å². The smallest absolute Gasteiger partial charge is 0.233 e. The summed E-state index contributed by atoms with van der Waals surface area (Å²) in [5, 5.41) is 10.1. The molecule has 3 rings (SSSR count). The number of carbonyl (C=O) groups excluding carboxylic acids is 1. The monoisotopic (exact) mass is 268 g/mol. The van der Waals surface area contributed by atoms with Crippen molar-refractivity contribution in [2.75, 3.05) is 16.5 Å². The molecular formula is C16H16N2O2. The quantitative estimate of drug-likeness (QED) is 0.908. The Hall–Kier alpha value is -2.33. The molecule has 0 aliphatic carbocycles. The van der Waals surface area contributed by atoms with E-state index in [2.05, 4.69) is 0 Å². The molecule has 0 aromatic heterocycles. The largest absolute Gasteiger partial charge is 0.373 e. The predicted molar refractivity (Wildman–Crippen MR) is 78.3 cm³/mol. The molecule has 2 aromatic carbocycles. The summed E-state index contributed by atoms with van der Waals surface area (Å²) in [5.41, 5.74) is 1.76. The first kappa shape index (κ1) is 12.7. The van der Waals surface area contributed by atoms with Gasteiger partial charge in [0.2, 0.25) is 5.91 Å². The van der Waals surface area contributed by atoms with Crippen LogP contribution in [0, 0.1) is 0 Å². The predicted octanol–water partition coefficient (Wildman–Crippen LogP) is 2.21. The van der Waals surface area contributed by atoms with Gasteiger partial charge < -0.3 is 10.0 Å². The number of para-hydroxylation sites is 2. The molecule has 1 heterocycles. The Bertz CT molecular complexity index is 586. The molecular weight excluding hydrogens is 252 g/mol. The number of aliphatic hydroxyl groups excluding tert-OH is 1. The molecule has 1 aliphatic rings. The van der Waals surface area contributed by atoms with Crippen molar-refractivity contribution in [2.45, 2.75) is 12.6 Å². The summed E-state index contributed by atoms with van der Waals surface area (Å²) in [4.78, 5) is 15.6. The van der Waals surface area contributed by atoms with Gasteiger partial charge in [-0.3, -0.25) is 9.69 Å². The summed E-state index contributed by atoms with van der Waals surface area (Å²) in [6.07, 6.45) is -0.672. The Labute approximate surface area is 117 Å². The third-order valence-corrected chi connectivity index (χ3v) is 3.47. The van der Waals surface area contributed by atoms with Gasteiger partial charge in [-0.15, -0.1) is 0 Å². The molecule has 0 spiro atoms. The molecule has 1 aliphatic heterocycles. The van der Waals surface area contributed by atoms with E-state index >= 15 is 0 Å². The molecule has 4 heteroatoms. The third-order valence-electron chi connectivity index (χ3n) is 3.47. The Balaban J connectivity index is 1.89. The highest BCUT2D eigenvalue weighted by molar-refractivity contribution is 5.95. The fourth-order valence-corrected chi connectivity index (χ4v) is 2.41. The van der Waals surface area contributed by atoms with E-state index in [4.69, 9.17) is 0 Å². The second kappa shape index (κ2) is 5.35. The topological polar surface area (TPSA) is 43.8 Å². The van der Waals surface area contributed by atoms with Crippen LogP contribution in [0.4, 0.5) is 11.4 Å². The van der Waals surface area contributed by atoms with Crippen molar-refractivity contribution in [1.29, 1.82) is 0 Å². The number of hydrogen-bond donors (Lipinski definition) is 1. The van der Waals surface area contributed by atoms with Gasteiger partial charge in [0.25, 0.3) is 0 Å². The lowest BCUT2D eigenvalue weighted by molar-refractivity contribution is -0.121. The van der Waals surface area contributed by atoms with Gasteiger partial charge in [0.05, 0.1) is 6.42 Å². The van der Waals surface area contributed by atoms with Gasteiger partial charge in [0, 0.05) is 11.4 Å². The molecule has 4 nitrogen and oxygen atoms in total. The Kier molecular flexibility index (Phi) is 3.39. The van der Waals surface area contributed by atoms with E-state index in [1.807, 2.05) is 65.6 Å². The lowest BCUT2D eigenvalue weighted by Gasteiger charge is -2.40. The van der Waals surface area contributed by atoms with Gasteiger partial charge >= 0.3 is 0 Å². The first-order chi connectivity index (χ1) is 9.75. The van der Waals surface area contributed by atoms with Gasteiger partial charge in [-0.25, -0.2) is 0 Å². The molecule has 1 amide bonds. The van der Waals surface area contributed by atoms with Crippen molar-refractivity contribution in [1.82, 2.24) is 0 Å². The van der Waals surface area contributed by atoms with Crippen molar-refractivity contribution in [3.05, 3.63) is 60.7 Å². The number of rotatable bonds is 2. The Morgan fingerprint density at radius 2 is 1.45 bits per heavy atom. The van der Waals surface area contributed by atoms with Crippen LogP contribution in [0.1, 0.15) is 6.42 Å². The number of aliphatic hydroxyl groups is 1. The fraction of sp³-hybridized carbons (Fsp3) is 0.188. The van der Waals surface area contributed by atoms with Crippen molar-refractivity contribution in [2.24, 2.45) is 0 Å². The summed E-state index contributed by atoms with van der Waals surface area (Å²) >= 11 is 0. The molecule has 0 bridgehead atoms. The Morgan fingerprint density at radius 1 is 0.900 bits per heavy atom. The van der Waals surface area contributed by atoms with Crippen molar-refractivity contribution < 1.29 is 9.90 Å². The minimum Gasteiger partial charge on any atom is -0.373 e. The molecule has 1 unspecified atom stereocenters. The summed E-state index contributed by atoms with van der Waals surface area (Å²) < 4.78 is 0. The number of benzene rings is 2. The number of amides is 1. The third kappa shape index (κ3) is 2.38. The molecule has 1 atom stereocenters. The van der Waals surface area contributed by atoms with E-state index in [9.17, 15) is 9.90 Å². The molecule has 0 saturated carbocycles. The second-order valence-corrected chi connectivity index (χ2v) is 4.79. The van der Waals surface area contributed by atoms with Gasteiger partial charge in [-0.2, -0.15) is 0 Å². The molecule has 1 N–H and O–H groups in total. The molecule has 102 valence electrons. The zero-order valence-electron chi connectivity index (χ0n) is 11.0. The van der Waals surface area contributed by atoms with E-state index in [1.165, 1.54) is 0 Å². The summed E-state index contributed by atoms with van der Waals surface area (Å²) in [6.45, 7) is 0.355. The lowest BCUT2D eigenvalue weighted by atomic mass is 10.2. The number of anilines is 2. The van der Waals surface area contributed by atoms with E-state index in [0.717, 1.165) is 11.4 Å². The van der Waals surface area contributed by atoms with Crippen LogP contribution in [0.5, 0.6) is 0 Å². The van der Waals surface area contributed by atoms with Crippen molar-refractivity contribution in [3.8, 4) is 0 Å². The van der Waals surface area contributed by atoms with Gasteiger partial charge in [-0.1, -0.05) is 36.4 Å². The maximum atomic E-state index is 12.1. The van der Waals surface area contributed by atoms with E-state index in [-0.39, 0.29) is 12.3 Å². The normalized spacial score (nSPS) is 19.2. The lowest BCUT2D eigenvalue weighted by Crippen LogP contribution is -2.53. The summed E-state index contributed by atoms with van der Waals surface area (Å²) in [5.74, 6) is -0.0594. The zero-order chi connectivity index (χ0) is 13.9. The molecule has 1 fully saturated rings. The van der Waals surface area contributed by atoms with Crippen LogP contribution in [0.15, 0.2) is 60.7 Å². The van der Waals surface area contributed by atoms with E-state index in [0.29, 0.717) is 6.67 Å².